The van der Waals surface area contributed by atoms with Crippen LogP contribution in [-0.4, -0.2) is 37.6 Å². The van der Waals surface area contributed by atoms with E-state index in [-0.39, 0.29) is 23.3 Å². The zero-order valence-electron chi connectivity index (χ0n) is 15.9. The summed E-state index contributed by atoms with van der Waals surface area (Å²) >= 11 is 5.85. The van der Waals surface area contributed by atoms with Gasteiger partial charge in [-0.1, -0.05) is 11.6 Å². The van der Waals surface area contributed by atoms with Gasteiger partial charge in [-0.25, -0.2) is 8.42 Å². The van der Waals surface area contributed by atoms with E-state index < -0.39 is 15.9 Å². The molecule has 2 N–H and O–H groups in total. The number of carbonyl (C=O) groups excluding carboxylic acids is 2. The number of sulfonamides is 1. The molecule has 0 aromatic heterocycles. The molecule has 1 unspecified atom stereocenters. The van der Waals surface area contributed by atoms with E-state index in [2.05, 4.69) is 10.6 Å². The monoisotopic (exact) mass is 435 g/mol. The lowest BCUT2D eigenvalue weighted by Crippen LogP contribution is -2.43. The molecule has 7 nitrogen and oxygen atoms in total. The predicted octanol–water partition coefficient (Wildman–Crippen LogP) is 3.34. The summed E-state index contributed by atoms with van der Waals surface area (Å²) in [6.07, 6.45) is 1.22. The number of nitrogens with zero attached hydrogens (tertiary/aromatic N) is 1. The molecule has 2 amide bonds. The van der Waals surface area contributed by atoms with Crippen molar-refractivity contribution >= 4 is 44.8 Å². The van der Waals surface area contributed by atoms with Gasteiger partial charge in [-0.05, 0) is 61.4 Å². The molecule has 9 heteroatoms. The molecule has 0 spiro atoms. The van der Waals surface area contributed by atoms with E-state index >= 15 is 0 Å². The molecule has 154 valence electrons. The Bertz CT molecular complexity index is 991. The first kappa shape index (κ1) is 21.3. The molecule has 1 heterocycles. The van der Waals surface area contributed by atoms with Crippen LogP contribution in [0, 0.1) is 5.92 Å². The van der Waals surface area contributed by atoms with Gasteiger partial charge in [-0.2, -0.15) is 4.31 Å². The zero-order chi connectivity index (χ0) is 21.0. The molecule has 0 aliphatic carbocycles. The molecule has 29 heavy (non-hydrogen) atoms. The maximum absolute atomic E-state index is 13.0. The maximum Gasteiger partial charge on any atom is 0.243 e. The van der Waals surface area contributed by atoms with Gasteiger partial charge in [0.05, 0.1) is 10.8 Å². The molecule has 1 aliphatic rings. The van der Waals surface area contributed by atoms with Gasteiger partial charge < -0.3 is 10.6 Å². The standard InChI is InChI=1S/C20H22ClN3O4S/c1-14(25)22-17-8-10-19(11-9-17)29(27,28)24-12-2-3-15(13-24)20(26)23-18-6-4-16(21)5-7-18/h4-11,15H,2-3,12-13H2,1H3,(H,22,25)(H,23,26). The van der Waals surface area contributed by atoms with Gasteiger partial charge >= 0.3 is 0 Å². The fourth-order valence-corrected chi connectivity index (χ4v) is 4.86. The van der Waals surface area contributed by atoms with E-state index in [1.54, 1.807) is 36.4 Å². The van der Waals surface area contributed by atoms with Crippen LogP contribution in [0.5, 0.6) is 0 Å². The van der Waals surface area contributed by atoms with Crippen LogP contribution in [0.4, 0.5) is 11.4 Å². The third-order valence-corrected chi connectivity index (χ3v) is 6.81. The average Bonchev–Trinajstić information content (AvgIpc) is 2.70. The number of halogens is 1. The summed E-state index contributed by atoms with van der Waals surface area (Å²) in [6.45, 7) is 1.86. The molecular weight excluding hydrogens is 414 g/mol. The zero-order valence-corrected chi connectivity index (χ0v) is 17.5. The van der Waals surface area contributed by atoms with Gasteiger partial charge in [0, 0.05) is 36.4 Å². The number of carbonyl (C=O) groups is 2. The second-order valence-corrected chi connectivity index (χ2v) is 9.28. The van der Waals surface area contributed by atoms with Crippen LogP contribution in [0.25, 0.3) is 0 Å². The fraction of sp³-hybridized carbons (Fsp3) is 0.300. The van der Waals surface area contributed by atoms with E-state index in [4.69, 9.17) is 11.6 Å². The molecule has 1 aliphatic heterocycles. The van der Waals surface area contributed by atoms with E-state index in [0.29, 0.717) is 35.8 Å². The third kappa shape index (κ3) is 5.35. The smallest absolute Gasteiger partial charge is 0.243 e. The van der Waals surface area contributed by atoms with Crippen LogP contribution >= 0.6 is 11.6 Å². The largest absolute Gasteiger partial charge is 0.326 e. The van der Waals surface area contributed by atoms with Crippen LogP contribution in [0.15, 0.2) is 53.4 Å². The lowest BCUT2D eigenvalue weighted by atomic mass is 9.99. The van der Waals surface area contributed by atoms with Crippen LogP contribution < -0.4 is 10.6 Å². The van der Waals surface area contributed by atoms with Crippen molar-refractivity contribution in [1.82, 2.24) is 4.31 Å². The minimum Gasteiger partial charge on any atom is -0.326 e. The molecule has 2 aromatic rings. The minimum absolute atomic E-state index is 0.120. The highest BCUT2D eigenvalue weighted by atomic mass is 35.5. The minimum atomic E-state index is -3.73. The fourth-order valence-electron chi connectivity index (χ4n) is 3.21. The molecule has 2 aromatic carbocycles. The number of hydrogen-bond acceptors (Lipinski definition) is 4. The maximum atomic E-state index is 13.0. The Morgan fingerprint density at radius 2 is 1.59 bits per heavy atom. The van der Waals surface area contributed by atoms with Crippen molar-refractivity contribution in [3.05, 3.63) is 53.6 Å². The SMILES string of the molecule is CC(=O)Nc1ccc(S(=O)(=O)N2CCCC(C(=O)Nc3ccc(Cl)cc3)C2)cc1. The van der Waals surface area contributed by atoms with Gasteiger partial charge in [0.2, 0.25) is 21.8 Å². The van der Waals surface area contributed by atoms with Gasteiger partial charge in [0.1, 0.15) is 0 Å². The summed E-state index contributed by atoms with van der Waals surface area (Å²) in [5.41, 5.74) is 1.14. The first-order chi connectivity index (χ1) is 13.8. The number of piperidine rings is 1. The summed E-state index contributed by atoms with van der Waals surface area (Å²) in [5.74, 6) is -0.882. The van der Waals surface area contributed by atoms with Crippen LogP contribution in [-0.2, 0) is 19.6 Å². The van der Waals surface area contributed by atoms with Crippen molar-refractivity contribution in [2.75, 3.05) is 23.7 Å². The number of anilines is 2. The second kappa shape index (κ2) is 8.94. The number of nitrogens with one attached hydrogen (secondary N) is 2. The van der Waals surface area contributed by atoms with Crippen molar-refractivity contribution in [2.24, 2.45) is 5.92 Å². The number of hydrogen-bond donors (Lipinski definition) is 2. The summed E-state index contributed by atoms with van der Waals surface area (Å²) < 4.78 is 27.3. The first-order valence-corrected chi connectivity index (χ1v) is 11.0. The molecule has 3 rings (SSSR count). The second-order valence-electron chi connectivity index (χ2n) is 6.90. The highest BCUT2D eigenvalue weighted by Crippen LogP contribution is 2.26. The Morgan fingerprint density at radius 1 is 1.00 bits per heavy atom. The molecule has 1 saturated heterocycles. The molecule has 0 bridgehead atoms. The van der Waals surface area contributed by atoms with Gasteiger partial charge in [-0.15, -0.1) is 0 Å². The lowest BCUT2D eigenvalue weighted by molar-refractivity contribution is -0.121. The summed E-state index contributed by atoms with van der Waals surface area (Å²) in [7, 11) is -3.73. The Morgan fingerprint density at radius 3 is 2.21 bits per heavy atom. The number of amides is 2. The van der Waals surface area contributed by atoms with Crippen molar-refractivity contribution in [2.45, 2.75) is 24.7 Å². The Hall–Kier alpha value is -2.42. The number of rotatable bonds is 5. The summed E-state index contributed by atoms with van der Waals surface area (Å²) in [5, 5.41) is 5.99. The summed E-state index contributed by atoms with van der Waals surface area (Å²) in [6, 6.07) is 12.8. The lowest BCUT2D eigenvalue weighted by Gasteiger charge is -2.31. The normalized spacial score (nSPS) is 17.5. The third-order valence-electron chi connectivity index (χ3n) is 4.68. The molecule has 1 atom stereocenters. The van der Waals surface area contributed by atoms with Crippen molar-refractivity contribution in [3.63, 3.8) is 0 Å². The van der Waals surface area contributed by atoms with Crippen LogP contribution in [0.2, 0.25) is 5.02 Å². The average molecular weight is 436 g/mol. The van der Waals surface area contributed by atoms with Crippen molar-refractivity contribution in [1.29, 1.82) is 0 Å². The van der Waals surface area contributed by atoms with E-state index in [1.165, 1.54) is 23.4 Å². The Kier molecular flexibility index (Phi) is 6.56. The van der Waals surface area contributed by atoms with Crippen LogP contribution in [0.3, 0.4) is 0 Å². The Balaban J connectivity index is 1.69. The van der Waals surface area contributed by atoms with Crippen molar-refractivity contribution in [3.8, 4) is 0 Å². The topological polar surface area (TPSA) is 95.6 Å². The quantitative estimate of drug-likeness (QED) is 0.752. The molecule has 0 radical (unpaired) electrons. The van der Waals surface area contributed by atoms with Crippen LogP contribution in [0.1, 0.15) is 19.8 Å². The predicted molar refractivity (Wildman–Crippen MR) is 112 cm³/mol. The highest BCUT2D eigenvalue weighted by Gasteiger charge is 2.33. The van der Waals surface area contributed by atoms with E-state index in [1.807, 2.05) is 0 Å². The summed E-state index contributed by atoms with van der Waals surface area (Å²) in [4.78, 5) is 23.8. The molecule has 0 saturated carbocycles. The number of benzene rings is 2. The molecular formula is C20H22ClN3O4S. The van der Waals surface area contributed by atoms with Gasteiger partial charge in [-0.3, -0.25) is 9.59 Å². The Labute approximate surface area is 175 Å². The first-order valence-electron chi connectivity index (χ1n) is 9.20. The highest BCUT2D eigenvalue weighted by molar-refractivity contribution is 7.89. The molecule has 1 fully saturated rings. The van der Waals surface area contributed by atoms with Crippen molar-refractivity contribution < 1.29 is 18.0 Å². The van der Waals surface area contributed by atoms with E-state index in [0.717, 1.165) is 0 Å². The van der Waals surface area contributed by atoms with E-state index in [9.17, 15) is 18.0 Å². The van der Waals surface area contributed by atoms with Gasteiger partial charge in [0.15, 0.2) is 0 Å². The van der Waals surface area contributed by atoms with Gasteiger partial charge in [0.25, 0.3) is 0 Å².